The van der Waals surface area contributed by atoms with Gasteiger partial charge in [0.25, 0.3) is 0 Å². The summed E-state index contributed by atoms with van der Waals surface area (Å²) in [7, 11) is 0. The largest absolute Gasteiger partial charge is 0.437 e. The molecule has 0 saturated heterocycles. The molecule has 0 bridgehead atoms. The quantitative estimate of drug-likeness (QED) is 0.791. The molecule has 1 atom stereocenters. The van der Waals surface area contributed by atoms with Gasteiger partial charge in [-0.15, -0.1) is 0 Å². The van der Waals surface area contributed by atoms with Gasteiger partial charge in [-0.05, 0) is 42.8 Å². The minimum atomic E-state index is -0.0737. The minimum absolute atomic E-state index is 0.0737. The molecule has 4 nitrogen and oxygen atoms in total. The van der Waals surface area contributed by atoms with Gasteiger partial charge in [0.1, 0.15) is 5.52 Å². The molecule has 2 heterocycles. The predicted octanol–water partition coefficient (Wildman–Crippen LogP) is 4.10. The van der Waals surface area contributed by atoms with Crippen LogP contribution in [0.3, 0.4) is 0 Å². The maximum Gasteiger partial charge on any atom is 0.219 e. The van der Waals surface area contributed by atoms with E-state index < -0.39 is 0 Å². The summed E-state index contributed by atoms with van der Waals surface area (Å²) in [6, 6.07) is 10.9. The van der Waals surface area contributed by atoms with E-state index in [0.717, 1.165) is 10.9 Å². The molecule has 0 aliphatic heterocycles. The van der Waals surface area contributed by atoms with Gasteiger partial charge in [0, 0.05) is 29.9 Å². The lowest BCUT2D eigenvalue weighted by atomic mass is 10.1. The molecule has 0 aliphatic carbocycles. The van der Waals surface area contributed by atoms with Crippen LogP contribution < -0.4 is 10.5 Å². The number of benzene rings is 1. The van der Waals surface area contributed by atoms with Crippen molar-refractivity contribution in [3.63, 3.8) is 0 Å². The number of nitrogens with zero attached hydrogens (tertiary/aromatic N) is 2. The topological polar surface area (TPSA) is 61.0 Å². The van der Waals surface area contributed by atoms with Crippen molar-refractivity contribution in [3.05, 3.63) is 59.4 Å². The van der Waals surface area contributed by atoms with Crippen molar-refractivity contribution in [2.24, 2.45) is 5.73 Å². The molecular weight excluding hydrogens is 286 g/mol. The van der Waals surface area contributed by atoms with Crippen LogP contribution in [0.25, 0.3) is 10.9 Å². The van der Waals surface area contributed by atoms with Gasteiger partial charge in [0.05, 0.1) is 5.02 Å². The number of fused-ring (bicyclic) bond motifs is 1. The molecule has 0 fully saturated rings. The molecule has 2 aromatic heterocycles. The zero-order valence-corrected chi connectivity index (χ0v) is 12.2. The van der Waals surface area contributed by atoms with Crippen molar-refractivity contribution in [2.45, 2.75) is 13.0 Å². The summed E-state index contributed by atoms with van der Waals surface area (Å²) in [5.41, 5.74) is 7.54. The van der Waals surface area contributed by atoms with E-state index >= 15 is 0 Å². The summed E-state index contributed by atoms with van der Waals surface area (Å²) in [6.07, 6.45) is 3.39. The molecular formula is C16H14ClN3O. The first-order valence-corrected chi connectivity index (χ1v) is 6.95. The molecule has 106 valence electrons. The first kappa shape index (κ1) is 13.8. The molecule has 3 rings (SSSR count). The number of hydrogen-bond donors (Lipinski definition) is 1. The summed E-state index contributed by atoms with van der Waals surface area (Å²) in [4.78, 5) is 8.54. The molecule has 3 aromatic rings. The van der Waals surface area contributed by atoms with E-state index in [4.69, 9.17) is 22.1 Å². The normalized spacial score (nSPS) is 12.3. The van der Waals surface area contributed by atoms with Crippen molar-refractivity contribution in [3.8, 4) is 11.6 Å². The molecule has 5 heteroatoms. The zero-order valence-electron chi connectivity index (χ0n) is 11.5. The van der Waals surface area contributed by atoms with Gasteiger partial charge in [0.15, 0.2) is 5.75 Å². The average molecular weight is 300 g/mol. The lowest BCUT2D eigenvalue weighted by Crippen LogP contribution is -2.05. The van der Waals surface area contributed by atoms with Gasteiger partial charge in [0.2, 0.25) is 5.88 Å². The molecule has 2 N–H and O–H groups in total. The van der Waals surface area contributed by atoms with Gasteiger partial charge in [-0.1, -0.05) is 11.6 Å². The van der Waals surface area contributed by atoms with Gasteiger partial charge in [-0.3, -0.25) is 4.98 Å². The van der Waals surface area contributed by atoms with Crippen LogP contribution in [-0.4, -0.2) is 9.97 Å². The Balaban J connectivity index is 2.02. The Morgan fingerprint density at radius 1 is 1.14 bits per heavy atom. The van der Waals surface area contributed by atoms with E-state index in [1.165, 1.54) is 0 Å². The Morgan fingerprint density at radius 3 is 2.81 bits per heavy atom. The lowest BCUT2D eigenvalue weighted by Gasteiger charge is -2.10. The third-order valence-corrected chi connectivity index (χ3v) is 3.51. The van der Waals surface area contributed by atoms with Crippen LogP contribution in [0.2, 0.25) is 5.02 Å². The van der Waals surface area contributed by atoms with Crippen molar-refractivity contribution in [1.82, 2.24) is 9.97 Å². The first-order valence-electron chi connectivity index (χ1n) is 6.58. The zero-order chi connectivity index (χ0) is 14.8. The third-order valence-electron chi connectivity index (χ3n) is 3.18. The Labute approximate surface area is 127 Å². The number of aromatic nitrogens is 2. The van der Waals surface area contributed by atoms with Crippen molar-refractivity contribution in [1.29, 1.82) is 0 Å². The fraction of sp³-hybridized carbons (Fsp3) is 0.125. The van der Waals surface area contributed by atoms with E-state index in [-0.39, 0.29) is 6.04 Å². The highest BCUT2D eigenvalue weighted by molar-refractivity contribution is 6.35. The molecule has 0 spiro atoms. The highest BCUT2D eigenvalue weighted by Gasteiger charge is 2.09. The molecule has 0 amide bonds. The highest BCUT2D eigenvalue weighted by atomic mass is 35.5. The van der Waals surface area contributed by atoms with Gasteiger partial charge in [-0.25, -0.2) is 4.98 Å². The smallest absolute Gasteiger partial charge is 0.219 e. The van der Waals surface area contributed by atoms with E-state index in [0.29, 0.717) is 22.2 Å². The Hall–Kier alpha value is -2.17. The second kappa shape index (κ2) is 5.68. The van der Waals surface area contributed by atoms with Crippen molar-refractivity contribution in [2.75, 3.05) is 0 Å². The van der Waals surface area contributed by atoms with Crippen LogP contribution in [-0.2, 0) is 0 Å². The molecule has 0 radical (unpaired) electrons. The first-order chi connectivity index (χ1) is 10.1. The number of halogens is 1. The fourth-order valence-electron chi connectivity index (χ4n) is 2.07. The van der Waals surface area contributed by atoms with Crippen LogP contribution in [0.4, 0.5) is 0 Å². The van der Waals surface area contributed by atoms with E-state index in [1.807, 2.05) is 31.2 Å². The van der Waals surface area contributed by atoms with Crippen molar-refractivity contribution >= 4 is 22.5 Å². The summed E-state index contributed by atoms with van der Waals surface area (Å²) in [5.74, 6) is 1.10. The van der Waals surface area contributed by atoms with E-state index in [1.54, 1.807) is 24.5 Å². The number of hydrogen-bond acceptors (Lipinski definition) is 4. The van der Waals surface area contributed by atoms with Gasteiger partial charge < -0.3 is 10.5 Å². The second-order valence-corrected chi connectivity index (χ2v) is 5.17. The highest BCUT2D eigenvalue weighted by Crippen LogP contribution is 2.32. The van der Waals surface area contributed by atoms with Crippen LogP contribution in [0.5, 0.6) is 11.6 Å². The SMILES string of the molecule is C[C@H](N)c1ccnc(Oc2ccc(Cl)c3cccnc23)c1. The number of nitrogens with two attached hydrogens (primary N) is 1. The summed E-state index contributed by atoms with van der Waals surface area (Å²) in [6.45, 7) is 1.92. The Morgan fingerprint density at radius 2 is 2.00 bits per heavy atom. The predicted molar refractivity (Wildman–Crippen MR) is 83.7 cm³/mol. The van der Waals surface area contributed by atoms with Crippen LogP contribution in [0.1, 0.15) is 18.5 Å². The minimum Gasteiger partial charge on any atom is -0.437 e. The number of pyridine rings is 2. The summed E-state index contributed by atoms with van der Waals surface area (Å²) in [5, 5.41) is 1.49. The number of ether oxygens (including phenoxy) is 1. The standard InChI is InChI=1S/C16H14ClN3O/c1-10(18)11-6-8-19-15(9-11)21-14-5-4-13(17)12-3-2-7-20-16(12)14/h2-10H,18H2,1H3/t10-/m0/s1. The monoisotopic (exact) mass is 299 g/mol. The Bertz CT molecular complexity index is 789. The lowest BCUT2D eigenvalue weighted by molar-refractivity contribution is 0.465. The molecule has 0 saturated carbocycles. The molecule has 0 aliphatic rings. The van der Waals surface area contributed by atoms with Crippen LogP contribution in [0.15, 0.2) is 48.8 Å². The van der Waals surface area contributed by atoms with Crippen LogP contribution in [0, 0.1) is 0 Å². The van der Waals surface area contributed by atoms with E-state index in [2.05, 4.69) is 9.97 Å². The summed E-state index contributed by atoms with van der Waals surface area (Å²) >= 11 is 6.17. The maximum atomic E-state index is 6.17. The molecule has 0 unspecified atom stereocenters. The molecule has 1 aromatic carbocycles. The Kier molecular flexibility index (Phi) is 3.73. The number of rotatable bonds is 3. The van der Waals surface area contributed by atoms with Gasteiger partial charge >= 0.3 is 0 Å². The second-order valence-electron chi connectivity index (χ2n) is 4.76. The van der Waals surface area contributed by atoms with Crippen LogP contribution >= 0.6 is 11.6 Å². The summed E-state index contributed by atoms with van der Waals surface area (Å²) < 4.78 is 5.85. The third kappa shape index (κ3) is 2.82. The van der Waals surface area contributed by atoms with E-state index in [9.17, 15) is 0 Å². The van der Waals surface area contributed by atoms with Gasteiger partial charge in [-0.2, -0.15) is 0 Å². The average Bonchev–Trinajstić information content (AvgIpc) is 2.51. The maximum absolute atomic E-state index is 6.17. The fourth-order valence-corrected chi connectivity index (χ4v) is 2.29. The van der Waals surface area contributed by atoms with Crippen molar-refractivity contribution < 1.29 is 4.74 Å². The molecule has 21 heavy (non-hydrogen) atoms.